The average Bonchev–Trinajstić information content (AvgIpc) is 2.59. The quantitative estimate of drug-likeness (QED) is 0.705. The Kier molecular flexibility index (Phi) is 4.89. The highest BCUT2D eigenvalue weighted by atomic mass is 16.5. The molecule has 1 heterocycles. The fraction of sp³-hybridized carbons (Fsp3) is 0.190. The molecule has 3 rings (SSSR count). The van der Waals surface area contributed by atoms with Crippen LogP contribution in [0.15, 0.2) is 71.7 Å². The number of rotatable bonds is 5. The van der Waals surface area contributed by atoms with Crippen LogP contribution in [0.5, 0.6) is 11.5 Å². The summed E-state index contributed by atoms with van der Waals surface area (Å²) in [6, 6.07) is 19.0. The summed E-state index contributed by atoms with van der Waals surface area (Å²) in [6.45, 7) is 2.63. The number of hydrogen-bond acceptors (Lipinski definition) is 3. The molecule has 0 saturated carbocycles. The molecular weight excluding hydrogens is 312 g/mol. The monoisotopic (exact) mass is 334 g/mol. The van der Waals surface area contributed by atoms with Crippen LogP contribution in [0.4, 0.5) is 5.69 Å². The normalized spacial score (nSPS) is 10.5. The van der Waals surface area contributed by atoms with E-state index in [4.69, 9.17) is 4.74 Å². The smallest absolute Gasteiger partial charge is 0.254 e. The van der Waals surface area contributed by atoms with Gasteiger partial charge in [-0.3, -0.25) is 4.79 Å². The summed E-state index contributed by atoms with van der Waals surface area (Å²) in [6.07, 6.45) is 1.78. The number of nitrogens with zero attached hydrogens (tertiary/aromatic N) is 2. The van der Waals surface area contributed by atoms with Crippen molar-refractivity contribution in [2.24, 2.45) is 0 Å². The van der Waals surface area contributed by atoms with E-state index in [1.807, 2.05) is 56.6 Å². The fourth-order valence-electron chi connectivity index (χ4n) is 2.82. The van der Waals surface area contributed by atoms with E-state index in [9.17, 15) is 4.79 Å². The van der Waals surface area contributed by atoms with Gasteiger partial charge in [-0.2, -0.15) is 0 Å². The van der Waals surface area contributed by atoms with Crippen molar-refractivity contribution in [3.8, 4) is 11.5 Å². The van der Waals surface area contributed by atoms with Crippen molar-refractivity contribution < 1.29 is 4.74 Å². The van der Waals surface area contributed by atoms with Gasteiger partial charge in [0.25, 0.3) is 5.56 Å². The van der Waals surface area contributed by atoms with E-state index in [-0.39, 0.29) is 5.56 Å². The van der Waals surface area contributed by atoms with Crippen LogP contribution >= 0.6 is 0 Å². The molecule has 0 atom stereocenters. The Bertz CT molecular complexity index is 915. The van der Waals surface area contributed by atoms with E-state index in [1.54, 1.807) is 10.8 Å². The maximum atomic E-state index is 12.4. The molecule has 0 radical (unpaired) electrons. The summed E-state index contributed by atoms with van der Waals surface area (Å²) in [4.78, 5) is 14.5. The molecule has 0 aliphatic carbocycles. The number of para-hydroxylation sites is 1. The number of aromatic nitrogens is 1. The fourth-order valence-corrected chi connectivity index (χ4v) is 2.82. The molecule has 4 nitrogen and oxygen atoms in total. The van der Waals surface area contributed by atoms with Crippen molar-refractivity contribution in [1.29, 1.82) is 0 Å². The number of pyridine rings is 1. The van der Waals surface area contributed by atoms with Gasteiger partial charge in [0.15, 0.2) is 0 Å². The van der Waals surface area contributed by atoms with E-state index in [0.717, 1.165) is 11.3 Å². The zero-order valence-electron chi connectivity index (χ0n) is 14.8. The number of ether oxygens (including phenoxy) is 1. The highest BCUT2D eigenvalue weighted by Crippen LogP contribution is 2.22. The van der Waals surface area contributed by atoms with Gasteiger partial charge in [0.05, 0.1) is 6.54 Å². The summed E-state index contributed by atoms with van der Waals surface area (Å²) in [5.41, 5.74) is 3.40. The Morgan fingerprint density at radius 1 is 0.960 bits per heavy atom. The lowest BCUT2D eigenvalue weighted by atomic mass is 10.1. The van der Waals surface area contributed by atoms with Crippen molar-refractivity contribution in [3.05, 3.63) is 88.3 Å². The van der Waals surface area contributed by atoms with Gasteiger partial charge >= 0.3 is 0 Å². The van der Waals surface area contributed by atoms with Crippen LogP contribution in [-0.2, 0) is 6.54 Å². The van der Waals surface area contributed by atoms with Gasteiger partial charge in [-0.25, -0.2) is 0 Å². The Morgan fingerprint density at radius 3 is 2.40 bits per heavy atom. The maximum Gasteiger partial charge on any atom is 0.254 e. The highest BCUT2D eigenvalue weighted by Gasteiger charge is 2.08. The van der Waals surface area contributed by atoms with Gasteiger partial charge < -0.3 is 14.2 Å². The molecule has 128 valence electrons. The van der Waals surface area contributed by atoms with E-state index >= 15 is 0 Å². The minimum absolute atomic E-state index is 0.0805. The maximum absolute atomic E-state index is 12.4. The van der Waals surface area contributed by atoms with E-state index in [2.05, 4.69) is 24.0 Å². The first kappa shape index (κ1) is 16.8. The van der Waals surface area contributed by atoms with Crippen LogP contribution in [0.3, 0.4) is 0 Å². The van der Waals surface area contributed by atoms with Gasteiger partial charge in [0.2, 0.25) is 0 Å². The van der Waals surface area contributed by atoms with Gasteiger partial charge in [-0.15, -0.1) is 0 Å². The lowest BCUT2D eigenvalue weighted by Gasteiger charge is -2.18. The molecule has 0 amide bonds. The second-order valence-electron chi connectivity index (χ2n) is 6.20. The van der Waals surface area contributed by atoms with Crippen molar-refractivity contribution >= 4 is 5.69 Å². The summed E-state index contributed by atoms with van der Waals surface area (Å²) >= 11 is 0. The standard InChI is InChI=1S/C21H22N2O2/c1-16-17(8-7-11-20(16)22(2)3)15-23-13-12-19(14-21(23)24)25-18-9-5-4-6-10-18/h4-14H,15H2,1-3H3. The Labute approximate surface area is 147 Å². The molecule has 1 aromatic heterocycles. The summed E-state index contributed by atoms with van der Waals surface area (Å²) in [7, 11) is 4.04. The highest BCUT2D eigenvalue weighted by molar-refractivity contribution is 5.55. The molecule has 0 spiro atoms. The minimum atomic E-state index is -0.0805. The Balaban J connectivity index is 1.83. The van der Waals surface area contributed by atoms with E-state index in [1.165, 1.54) is 11.6 Å². The SMILES string of the molecule is Cc1c(Cn2ccc(Oc3ccccc3)cc2=O)cccc1N(C)C. The van der Waals surface area contributed by atoms with E-state index < -0.39 is 0 Å². The number of benzene rings is 2. The van der Waals surface area contributed by atoms with Crippen molar-refractivity contribution in [1.82, 2.24) is 4.57 Å². The predicted octanol–water partition coefficient (Wildman–Crippen LogP) is 4.06. The van der Waals surface area contributed by atoms with Crippen LogP contribution in [0.2, 0.25) is 0 Å². The molecule has 0 bridgehead atoms. The first-order chi connectivity index (χ1) is 12.0. The topological polar surface area (TPSA) is 34.5 Å². The largest absolute Gasteiger partial charge is 0.457 e. The van der Waals surface area contributed by atoms with Gasteiger partial charge in [0.1, 0.15) is 11.5 Å². The zero-order valence-corrected chi connectivity index (χ0v) is 14.8. The molecule has 3 aromatic rings. The molecule has 4 heteroatoms. The first-order valence-electron chi connectivity index (χ1n) is 8.24. The molecule has 0 N–H and O–H groups in total. The number of hydrogen-bond donors (Lipinski definition) is 0. The van der Waals surface area contributed by atoms with Crippen molar-refractivity contribution in [3.63, 3.8) is 0 Å². The second kappa shape index (κ2) is 7.26. The van der Waals surface area contributed by atoms with Crippen LogP contribution < -0.4 is 15.2 Å². The molecule has 0 fully saturated rings. The average molecular weight is 334 g/mol. The third-order valence-corrected chi connectivity index (χ3v) is 4.19. The molecule has 2 aromatic carbocycles. The van der Waals surface area contributed by atoms with Crippen LogP contribution in [0.25, 0.3) is 0 Å². The van der Waals surface area contributed by atoms with Gasteiger partial charge in [0, 0.05) is 32.0 Å². The Hall–Kier alpha value is -3.01. The van der Waals surface area contributed by atoms with Crippen molar-refractivity contribution in [2.45, 2.75) is 13.5 Å². The van der Waals surface area contributed by atoms with Crippen LogP contribution in [0, 0.1) is 6.92 Å². The molecule has 0 unspecified atom stereocenters. The molecular formula is C21H22N2O2. The van der Waals surface area contributed by atoms with Gasteiger partial charge in [-0.1, -0.05) is 30.3 Å². The third-order valence-electron chi connectivity index (χ3n) is 4.19. The molecule has 25 heavy (non-hydrogen) atoms. The predicted molar refractivity (Wildman–Crippen MR) is 102 cm³/mol. The van der Waals surface area contributed by atoms with Gasteiger partial charge in [-0.05, 0) is 42.3 Å². The minimum Gasteiger partial charge on any atom is -0.457 e. The van der Waals surface area contributed by atoms with E-state index in [0.29, 0.717) is 18.0 Å². The lowest BCUT2D eigenvalue weighted by molar-refractivity contribution is 0.479. The Morgan fingerprint density at radius 2 is 1.72 bits per heavy atom. The lowest BCUT2D eigenvalue weighted by Crippen LogP contribution is -2.20. The zero-order chi connectivity index (χ0) is 17.8. The van der Waals surface area contributed by atoms with Crippen LogP contribution in [0.1, 0.15) is 11.1 Å². The molecule has 0 saturated heterocycles. The summed E-state index contributed by atoms with van der Waals surface area (Å²) in [5.74, 6) is 1.26. The molecule has 0 aliphatic heterocycles. The summed E-state index contributed by atoms with van der Waals surface area (Å²) < 4.78 is 7.41. The van der Waals surface area contributed by atoms with Crippen molar-refractivity contribution in [2.75, 3.05) is 19.0 Å². The summed E-state index contributed by atoms with van der Waals surface area (Å²) in [5, 5.41) is 0. The second-order valence-corrected chi connectivity index (χ2v) is 6.20. The number of anilines is 1. The van der Waals surface area contributed by atoms with Crippen LogP contribution in [-0.4, -0.2) is 18.7 Å². The first-order valence-corrected chi connectivity index (χ1v) is 8.24. The third kappa shape index (κ3) is 3.91. The molecule has 0 aliphatic rings.